The van der Waals surface area contributed by atoms with Crippen LogP contribution in [0.4, 0.5) is 4.39 Å². The molecule has 1 aromatic rings. The molecule has 2 N–H and O–H groups in total. The normalized spacial score (nSPS) is 27.6. The fourth-order valence-electron chi connectivity index (χ4n) is 2.32. The van der Waals surface area contributed by atoms with Crippen LogP contribution in [0.2, 0.25) is 0 Å². The highest BCUT2D eigenvalue weighted by atomic mass is 19.1. The van der Waals surface area contributed by atoms with E-state index in [0.29, 0.717) is 5.92 Å². The Hall–Kier alpha value is -0.890. The molecule has 0 spiro atoms. The Balaban J connectivity index is 2.18. The van der Waals surface area contributed by atoms with Gasteiger partial charge in [0.25, 0.3) is 0 Å². The van der Waals surface area contributed by atoms with Gasteiger partial charge in [0.1, 0.15) is 5.82 Å². The predicted molar refractivity (Wildman–Crippen MR) is 55.6 cm³/mol. The summed E-state index contributed by atoms with van der Waals surface area (Å²) >= 11 is 0. The largest absolute Gasteiger partial charge is 0.328 e. The molecule has 2 heteroatoms. The average Bonchev–Trinajstić information content (AvgIpc) is 2.18. The van der Waals surface area contributed by atoms with Gasteiger partial charge in [-0.1, -0.05) is 24.6 Å². The molecule has 1 saturated carbocycles. The van der Waals surface area contributed by atoms with E-state index in [0.717, 1.165) is 31.2 Å². The third-order valence-corrected chi connectivity index (χ3v) is 3.06. The number of hydrogen-bond acceptors (Lipinski definition) is 1. The molecule has 1 aromatic carbocycles. The molecule has 1 aliphatic carbocycles. The lowest BCUT2D eigenvalue weighted by molar-refractivity contribution is 0.384. The number of benzene rings is 1. The molecular weight excluding hydrogens is 177 g/mol. The first-order chi connectivity index (χ1) is 6.77. The van der Waals surface area contributed by atoms with Crippen molar-refractivity contribution >= 4 is 0 Å². The minimum absolute atomic E-state index is 0.0772. The summed E-state index contributed by atoms with van der Waals surface area (Å²) in [5.41, 5.74) is 6.74. The van der Waals surface area contributed by atoms with Crippen LogP contribution in [-0.2, 0) is 0 Å². The fraction of sp³-hybridized carbons (Fsp3) is 0.500. The van der Waals surface area contributed by atoms with E-state index < -0.39 is 0 Å². The molecule has 2 atom stereocenters. The lowest BCUT2D eigenvalue weighted by Gasteiger charge is -2.27. The summed E-state index contributed by atoms with van der Waals surface area (Å²) in [5, 5.41) is 0. The zero-order chi connectivity index (χ0) is 9.97. The van der Waals surface area contributed by atoms with Crippen LogP contribution in [0.25, 0.3) is 0 Å². The van der Waals surface area contributed by atoms with Gasteiger partial charge in [-0.05, 0) is 36.8 Å². The Morgan fingerprint density at radius 1 is 1.21 bits per heavy atom. The molecular formula is C12H16FN. The maximum atomic E-state index is 13.5. The van der Waals surface area contributed by atoms with Crippen molar-refractivity contribution in [1.29, 1.82) is 0 Å². The minimum atomic E-state index is -0.0772. The third kappa shape index (κ3) is 1.95. The first kappa shape index (κ1) is 9.66. The molecule has 0 heterocycles. The monoisotopic (exact) mass is 193 g/mol. The van der Waals surface area contributed by atoms with Crippen molar-refractivity contribution in [1.82, 2.24) is 0 Å². The van der Waals surface area contributed by atoms with Gasteiger partial charge in [0.05, 0.1) is 0 Å². The van der Waals surface area contributed by atoms with E-state index in [1.165, 1.54) is 6.07 Å². The van der Waals surface area contributed by atoms with E-state index >= 15 is 0 Å². The van der Waals surface area contributed by atoms with Gasteiger partial charge in [0.15, 0.2) is 0 Å². The summed E-state index contributed by atoms with van der Waals surface area (Å²) in [4.78, 5) is 0. The number of hydrogen-bond donors (Lipinski definition) is 1. The lowest BCUT2D eigenvalue weighted by atomic mass is 9.81. The average molecular weight is 193 g/mol. The maximum Gasteiger partial charge on any atom is 0.126 e. The Morgan fingerprint density at radius 2 is 2.00 bits per heavy atom. The standard InChI is InChI=1S/C12H16FN/c13-12-7-2-1-6-11(12)9-4-3-5-10(14)8-9/h1-2,6-7,9-10H,3-5,8,14H2. The van der Waals surface area contributed by atoms with Crippen LogP contribution < -0.4 is 5.73 Å². The minimum Gasteiger partial charge on any atom is -0.328 e. The second-order valence-electron chi connectivity index (χ2n) is 4.15. The number of halogens is 1. The summed E-state index contributed by atoms with van der Waals surface area (Å²) in [6.45, 7) is 0. The Kier molecular flexibility index (Phi) is 2.82. The smallest absolute Gasteiger partial charge is 0.126 e. The summed E-state index contributed by atoms with van der Waals surface area (Å²) in [5.74, 6) is 0.256. The Labute approximate surface area is 84.1 Å². The van der Waals surface area contributed by atoms with Gasteiger partial charge < -0.3 is 5.73 Å². The molecule has 14 heavy (non-hydrogen) atoms. The molecule has 2 unspecified atom stereocenters. The van der Waals surface area contributed by atoms with Crippen molar-refractivity contribution < 1.29 is 4.39 Å². The van der Waals surface area contributed by atoms with Crippen LogP contribution in [0.3, 0.4) is 0 Å². The number of nitrogens with two attached hydrogens (primary N) is 1. The molecule has 0 saturated heterocycles. The van der Waals surface area contributed by atoms with E-state index in [1.807, 2.05) is 12.1 Å². The summed E-state index contributed by atoms with van der Waals surface area (Å²) in [6, 6.07) is 7.32. The summed E-state index contributed by atoms with van der Waals surface area (Å²) < 4.78 is 13.5. The van der Waals surface area contributed by atoms with Crippen molar-refractivity contribution in [3.63, 3.8) is 0 Å². The molecule has 0 aromatic heterocycles. The van der Waals surface area contributed by atoms with Crippen LogP contribution in [0.15, 0.2) is 24.3 Å². The Morgan fingerprint density at radius 3 is 2.71 bits per heavy atom. The molecule has 1 aliphatic rings. The van der Waals surface area contributed by atoms with Gasteiger partial charge in [0, 0.05) is 6.04 Å². The fourth-order valence-corrected chi connectivity index (χ4v) is 2.32. The quantitative estimate of drug-likeness (QED) is 0.729. The van der Waals surface area contributed by atoms with Gasteiger partial charge in [-0.25, -0.2) is 4.39 Å². The van der Waals surface area contributed by atoms with E-state index in [4.69, 9.17) is 5.73 Å². The van der Waals surface area contributed by atoms with Crippen molar-refractivity contribution in [2.75, 3.05) is 0 Å². The highest BCUT2D eigenvalue weighted by Gasteiger charge is 2.22. The van der Waals surface area contributed by atoms with Crippen molar-refractivity contribution in [3.05, 3.63) is 35.6 Å². The van der Waals surface area contributed by atoms with Gasteiger partial charge in [-0.3, -0.25) is 0 Å². The highest BCUT2D eigenvalue weighted by Crippen LogP contribution is 2.33. The summed E-state index contributed by atoms with van der Waals surface area (Å²) in [7, 11) is 0. The van der Waals surface area contributed by atoms with E-state index in [-0.39, 0.29) is 11.9 Å². The zero-order valence-electron chi connectivity index (χ0n) is 8.25. The molecule has 2 rings (SSSR count). The summed E-state index contributed by atoms with van der Waals surface area (Å²) in [6.07, 6.45) is 4.22. The molecule has 0 bridgehead atoms. The van der Waals surface area contributed by atoms with Crippen LogP contribution in [0.5, 0.6) is 0 Å². The van der Waals surface area contributed by atoms with Crippen LogP contribution >= 0.6 is 0 Å². The van der Waals surface area contributed by atoms with Gasteiger partial charge in [-0.15, -0.1) is 0 Å². The van der Waals surface area contributed by atoms with E-state index in [1.54, 1.807) is 6.07 Å². The second-order valence-corrected chi connectivity index (χ2v) is 4.15. The second kappa shape index (κ2) is 4.09. The molecule has 0 radical (unpaired) electrons. The lowest BCUT2D eigenvalue weighted by Crippen LogP contribution is -2.27. The predicted octanol–water partition coefficient (Wildman–Crippen LogP) is 2.81. The molecule has 1 nitrogen and oxygen atoms in total. The molecule has 1 fully saturated rings. The van der Waals surface area contributed by atoms with Crippen molar-refractivity contribution in [2.45, 2.75) is 37.6 Å². The third-order valence-electron chi connectivity index (χ3n) is 3.06. The molecule has 0 aliphatic heterocycles. The number of rotatable bonds is 1. The van der Waals surface area contributed by atoms with Gasteiger partial charge in [-0.2, -0.15) is 0 Å². The molecule has 0 amide bonds. The zero-order valence-corrected chi connectivity index (χ0v) is 8.25. The van der Waals surface area contributed by atoms with Crippen molar-refractivity contribution in [3.8, 4) is 0 Å². The SMILES string of the molecule is NC1CCCC(c2ccccc2F)C1. The van der Waals surface area contributed by atoms with Gasteiger partial charge >= 0.3 is 0 Å². The van der Waals surface area contributed by atoms with Crippen molar-refractivity contribution in [2.24, 2.45) is 5.73 Å². The maximum absolute atomic E-state index is 13.5. The van der Waals surface area contributed by atoms with Gasteiger partial charge in [0.2, 0.25) is 0 Å². The molecule has 76 valence electrons. The first-order valence-corrected chi connectivity index (χ1v) is 5.27. The van der Waals surface area contributed by atoms with E-state index in [2.05, 4.69) is 0 Å². The first-order valence-electron chi connectivity index (χ1n) is 5.27. The van der Waals surface area contributed by atoms with Crippen LogP contribution in [-0.4, -0.2) is 6.04 Å². The highest BCUT2D eigenvalue weighted by molar-refractivity contribution is 5.22. The topological polar surface area (TPSA) is 26.0 Å². The van der Waals surface area contributed by atoms with E-state index in [9.17, 15) is 4.39 Å². The van der Waals surface area contributed by atoms with Crippen LogP contribution in [0.1, 0.15) is 37.2 Å². The Bertz CT molecular complexity index is 311. The van der Waals surface area contributed by atoms with Crippen LogP contribution in [0, 0.1) is 5.82 Å².